The number of hydrogen-bond donors (Lipinski definition) is 2. The van der Waals surface area contributed by atoms with E-state index >= 15 is 0 Å². The molecule has 2 bridgehead atoms. The van der Waals surface area contributed by atoms with Crippen LogP contribution in [-0.4, -0.2) is 107 Å². The molecule has 4 fully saturated rings. The van der Waals surface area contributed by atoms with Gasteiger partial charge in [0.1, 0.15) is 35.4 Å². The Labute approximate surface area is 320 Å². The Balaban J connectivity index is 1.45. The summed E-state index contributed by atoms with van der Waals surface area (Å²) < 4.78 is 25.4. The molecule has 1 saturated carbocycles. The first-order chi connectivity index (χ1) is 25.6. The number of hydroxylamine groups is 2. The molecule has 1 aromatic rings. The third kappa shape index (κ3) is 9.35. The molecule has 0 spiro atoms. The molecule has 7 unspecified atom stereocenters. The molecule has 7 atom stereocenters. The van der Waals surface area contributed by atoms with Gasteiger partial charge >= 0.3 is 11.9 Å². The number of benzene rings is 1. The van der Waals surface area contributed by atoms with Crippen molar-refractivity contribution < 1.29 is 48.1 Å². The lowest BCUT2D eigenvalue weighted by Gasteiger charge is -2.49. The molecule has 2 N–H and O–H groups in total. The van der Waals surface area contributed by atoms with Crippen LogP contribution in [0, 0.1) is 5.41 Å². The van der Waals surface area contributed by atoms with Crippen LogP contribution in [0.2, 0.25) is 0 Å². The fraction of sp³-hybridized carbons (Fsp3) is 0.707. The van der Waals surface area contributed by atoms with E-state index in [4.69, 9.17) is 23.8 Å². The van der Waals surface area contributed by atoms with Gasteiger partial charge in [-0.2, -0.15) is 5.06 Å². The van der Waals surface area contributed by atoms with Crippen LogP contribution >= 0.6 is 0 Å². The largest absolute Gasteiger partial charge is 0.460 e. The normalized spacial score (nSPS) is 27.7. The predicted molar refractivity (Wildman–Crippen MR) is 200 cm³/mol. The Morgan fingerprint density at radius 3 is 2.28 bits per heavy atom. The molecule has 2 amide bonds. The molecule has 3 heterocycles. The minimum absolute atomic E-state index is 0.00982. The highest BCUT2D eigenvalue weighted by atomic mass is 16.8. The van der Waals surface area contributed by atoms with E-state index in [-0.39, 0.29) is 31.7 Å². The molecule has 3 saturated heterocycles. The minimum atomic E-state index is -1.43. The number of esters is 2. The second-order valence-electron chi connectivity index (χ2n) is 16.5. The van der Waals surface area contributed by atoms with Crippen molar-refractivity contribution in [2.75, 3.05) is 20.7 Å². The zero-order valence-electron chi connectivity index (χ0n) is 33.1. The summed E-state index contributed by atoms with van der Waals surface area (Å²) in [6.07, 6.45) is 7.83. The highest BCUT2D eigenvalue weighted by molar-refractivity contribution is 5.94. The average molecular weight is 756 g/mol. The topological polar surface area (TPSA) is 153 Å². The maximum absolute atomic E-state index is 14.8. The highest BCUT2D eigenvalue weighted by Gasteiger charge is 2.76. The number of aliphatic hydroxyl groups excluding tert-OH is 1. The van der Waals surface area contributed by atoms with Crippen molar-refractivity contribution in [1.82, 2.24) is 15.3 Å². The van der Waals surface area contributed by atoms with E-state index in [0.29, 0.717) is 12.8 Å². The zero-order valence-corrected chi connectivity index (χ0v) is 33.1. The monoisotopic (exact) mass is 755 g/mol. The molecule has 0 radical (unpaired) electrons. The van der Waals surface area contributed by atoms with Gasteiger partial charge in [0.2, 0.25) is 11.8 Å². The van der Waals surface area contributed by atoms with E-state index in [1.165, 1.54) is 16.0 Å². The van der Waals surface area contributed by atoms with Crippen molar-refractivity contribution in [2.45, 2.75) is 160 Å². The van der Waals surface area contributed by atoms with E-state index in [1.54, 1.807) is 40.9 Å². The smallest absolute Gasteiger partial charge is 0.327 e. The van der Waals surface area contributed by atoms with Gasteiger partial charge in [-0.3, -0.25) is 24.0 Å². The van der Waals surface area contributed by atoms with Gasteiger partial charge in [-0.1, -0.05) is 63.8 Å². The third-order valence-electron chi connectivity index (χ3n) is 10.8. The Bertz CT molecular complexity index is 1500. The van der Waals surface area contributed by atoms with Crippen molar-refractivity contribution >= 4 is 29.8 Å². The molecule has 13 heteroatoms. The number of ether oxygens (including phenoxy) is 4. The van der Waals surface area contributed by atoms with Crippen LogP contribution in [0.4, 0.5) is 0 Å². The standard InChI is InChI=1S/C41H61N3O10/c1-8-10-12-22-40(23-13-11-9-2)52-33-30-24-41(38(49)42-29(26-45)19-21-32(47)51-39(3,4)5)35(37(48)50-30)44(54-36(41)34(33)53-40)25-28-16-14-27(15-17-28)18-20-31(46)43(6)7/h14-18,20,29-30,33-36,45H,8-13,19,21-26H2,1-7H3,(H,42,49). The third-order valence-corrected chi connectivity index (χ3v) is 10.8. The SMILES string of the molecule is CCCCCC1(CCCCC)OC2C3CC4(C(=O)NC(CO)CCC(=O)OC(C)(C)C)C(ON(Cc5ccc(C=CC(=O)N(C)C)cc5)C4C(=O)O3)C2O1. The van der Waals surface area contributed by atoms with Crippen LogP contribution in [0.3, 0.4) is 0 Å². The first-order valence-corrected chi connectivity index (χ1v) is 19.8. The van der Waals surface area contributed by atoms with Crippen molar-refractivity contribution in [3.8, 4) is 0 Å². The summed E-state index contributed by atoms with van der Waals surface area (Å²) in [6, 6.07) is 5.63. The van der Waals surface area contributed by atoms with Gasteiger partial charge in [-0.15, -0.1) is 0 Å². The molecule has 1 aromatic carbocycles. The number of carbonyl (C=O) groups is 4. The first kappa shape index (κ1) is 41.8. The van der Waals surface area contributed by atoms with Gasteiger partial charge in [-0.05, 0) is 57.2 Å². The van der Waals surface area contributed by atoms with Gasteiger partial charge in [0, 0.05) is 45.9 Å². The number of rotatable bonds is 18. The molecular formula is C41H61N3O10. The number of fused-ring (bicyclic) bond motifs is 4. The maximum Gasteiger partial charge on any atom is 0.327 e. The van der Waals surface area contributed by atoms with Crippen molar-refractivity contribution in [3.63, 3.8) is 0 Å². The highest BCUT2D eigenvalue weighted by Crippen LogP contribution is 2.58. The number of carbonyl (C=O) groups excluding carboxylic acids is 4. The van der Waals surface area contributed by atoms with Gasteiger partial charge in [0.25, 0.3) is 0 Å². The minimum Gasteiger partial charge on any atom is -0.460 e. The summed E-state index contributed by atoms with van der Waals surface area (Å²) in [4.78, 5) is 61.7. The summed E-state index contributed by atoms with van der Waals surface area (Å²) in [5, 5.41) is 14.9. The molecule has 13 nitrogen and oxygen atoms in total. The van der Waals surface area contributed by atoms with Crippen LogP contribution in [0.15, 0.2) is 30.3 Å². The van der Waals surface area contributed by atoms with Crippen LogP contribution in [0.25, 0.3) is 6.08 Å². The van der Waals surface area contributed by atoms with E-state index < -0.39 is 77.8 Å². The lowest BCUT2D eigenvalue weighted by atomic mass is 9.62. The Morgan fingerprint density at radius 2 is 1.69 bits per heavy atom. The van der Waals surface area contributed by atoms with Crippen molar-refractivity contribution in [2.24, 2.45) is 5.41 Å². The predicted octanol–water partition coefficient (Wildman–Crippen LogP) is 4.83. The maximum atomic E-state index is 14.8. The van der Waals surface area contributed by atoms with E-state index in [2.05, 4.69) is 19.2 Å². The van der Waals surface area contributed by atoms with E-state index in [1.807, 2.05) is 24.3 Å². The number of nitrogens with one attached hydrogen (secondary N) is 1. The Morgan fingerprint density at radius 1 is 1.04 bits per heavy atom. The van der Waals surface area contributed by atoms with E-state index in [9.17, 15) is 24.3 Å². The van der Waals surface area contributed by atoms with Gasteiger partial charge in [0.05, 0.1) is 19.2 Å². The second-order valence-corrected chi connectivity index (χ2v) is 16.5. The lowest BCUT2D eigenvalue weighted by molar-refractivity contribution is -0.224. The quantitative estimate of drug-likeness (QED) is 0.120. The number of likely N-dealkylation sites (N-methyl/N-ethyl adjacent to an activating group) is 1. The molecular weight excluding hydrogens is 694 g/mol. The Kier molecular flexibility index (Phi) is 13.6. The zero-order chi connectivity index (χ0) is 39.3. The van der Waals surface area contributed by atoms with E-state index in [0.717, 1.165) is 49.7 Å². The lowest BCUT2D eigenvalue weighted by Crippen LogP contribution is -2.70. The summed E-state index contributed by atoms with van der Waals surface area (Å²) in [7, 11) is 3.37. The van der Waals surface area contributed by atoms with Gasteiger partial charge in [0.15, 0.2) is 11.8 Å². The fourth-order valence-corrected chi connectivity index (χ4v) is 8.14. The number of aliphatic hydroxyl groups is 1. The number of hydrogen-bond acceptors (Lipinski definition) is 11. The molecule has 3 aliphatic heterocycles. The molecule has 0 aromatic heterocycles. The molecule has 1 aliphatic carbocycles. The molecule has 4 aliphatic rings. The summed E-state index contributed by atoms with van der Waals surface area (Å²) >= 11 is 0. The summed E-state index contributed by atoms with van der Waals surface area (Å²) in [5.74, 6) is -2.51. The number of nitrogens with zero attached hydrogens (tertiary/aromatic N) is 2. The van der Waals surface area contributed by atoms with Crippen LogP contribution < -0.4 is 5.32 Å². The molecule has 5 rings (SSSR count). The first-order valence-electron chi connectivity index (χ1n) is 19.8. The van der Waals surface area contributed by atoms with Crippen LogP contribution in [-0.2, 0) is 49.5 Å². The Hall–Kier alpha value is -3.36. The molecule has 300 valence electrons. The van der Waals surface area contributed by atoms with Gasteiger partial charge in [-0.25, -0.2) is 0 Å². The molecule has 54 heavy (non-hydrogen) atoms. The fourth-order valence-electron chi connectivity index (χ4n) is 8.14. The number of unbranched alkanes of at least 4 members (excludes halogenated alkanes) is 4. The average Bonchev–Trinajstić information content (AvgIpc) is 3.67. The van der Waals surface area contributed by atoms with Crippen LogP contribution in [0.1, 0.15) is 116 Å². The second kappa shape index (κ2) is 17.6. The summed E-state index contributed by atoms with van der Waals surface area (Å²) in [5.41, 5.74) is -0.460. The van der Waals surface area contributed by atoms with Gasteiger partial charge < -0.3 is 34.3 Å². The van der Waals surface area contributed by atoms with Crippen LogP contribution in [0.5, 0.6) is 0 Å². The van der Waals surface area contributed by atoms with Crippen molar-refractivity contribution in [1.29, 1.82) is 0 Å². The van der Waals surface area contributed by atoms with Crippen molar-refractivity contribution in [3.05, 3.63) is 41.5 Å². The summed E-state index contributed by atoms with van der Waals surface area (Å²) in [6.45, 7) is 9.39. The number of amides is 2.